The summed E-state index contributed by atoms with van der Waals surface area (Å²) in [7, 11) is 0. The second kappa shape index (κ2) is 11.3. The number of nitrogens with zero attached hydrogens (tertiary/aromatic N) is 2. The summed E-state index contributed by atoms with van der Waals surface area (Å²) in [6.07, 6.45) is 0. The van der Waals surface area contributed by atoms with Crippen molar-refractivity contribution in [1.82, 2.24) is 20.4 Å². The topological polar surface area (TPSA) is 71.0 Å². The maximum Gasteiger partial charge on any atom is 0.0550 e. The van der Waals surface area contributed by atoms with Gasteiger partial charge in [0.1, 0.15) is 0 Å². The van der Waals surface area contributed by atoms with Gasteiger partial charge < -0.3 is 10.2 Å². The van der Waals surface area contributed by atoms with E-state index in [0.29, 0.717) is 0 Å². The van der Waals surface area contributed by atoms with Gasteiger partial charge in [-0.25, -0.2) is 0 Å². The Morgan fingerprint density at radius 3 is 2.56 bits per heavy atom. The molecule has 0 saturated carbocycles. The smallest absolute Gasteiger partial charge is 0.0550 e. The molecule has 0 aliphatic carbocycles. The molecule has 108 valence electrons. The van der Waals surface area contributed by atoms with Gasteiger partial charge in [-0.3, -0.25) is 20.4 Å². The minimum absolute atomic E-state index is 0.244. The molecule has 1 heterocycles. The van der Waals surface area contributed by atoms with Crippen molar-refractivity contribution >= 4 is 23.5 Å². The van der Waals surface area contributed by atoms with E-state index in [1.165, 1.54) is 0 Å². The van der Waals surface area contributed by atoms with Crippen molar-refractivity contribution in [3.8, 4) is 0 Å². The normalized spacial score (nSPS) is 18.3. The molecular formula is C10H24N4O2S2. The molecule has 0 aromatic carbocycles. The summed E-state index contributed by atoms with van der Waals surface area (Å²) < 4.78 is 0. The Hall–Kier alpha value is 0.460. The summed E-state index contributed by atoms with van der Waals surface area (Å²) in [6.45, 7) is 4.11. The first-order valence-electron chi connectivity index (χ1n) is 6.10. The molecule has 0 aromatic heterocycles. The summed E-state index contributed by atoms with van der Waals surface area (Å²) in [5.41, 5.74) is 0. The first-order valence-corrected chi connectivity index (χ1v) is 8.41. The summed E-state index contributed by atoms with van der Waals surface area (Å²) in [5, 5.41) is 24.1. The van der Waals surface area contributed by atoms with Gasteiger partial charge in [-0.15, -0.1) is 23.5 Å². The van der Waals surface area contributed by atoms with Gasteiger partial charge in [0.15, 0.2) is 0 Å². The highest BCUT2D eigenvalue weighted by Crippen LogP contribution is 2.06. The number of hydrogen-bond donors (Lipinski definition) is 4. The van der Waals surface area contributed by atoms with Gasteiger partial charge in [0, 0.05) is 23.3 Å². The van der Waals surface area contributed by atoms with E-state index in [4.69, 9.17) is 10.2 Å². The molecule has 1 saturated heterocycles. The molecule has 1 aliphatic rings. The highest BCUT2D eigenvalue weighted by Gasteiger charge is 2.15. The summed E-state index contributed by atoms with van der Waals surface area (Å²) in [5.74, 6) is 3.40. The maximum atomic E-state index is 8.74. The van der Waals surface area contributed by atoms with Crippen molar-refractivity contribution in [3.63, 3.8) is 0 Å². The molecule has 1 rings (SSSR count). The second-order valence-electron chi connectivity index (χ2n) is 3.99. The van der Waals surface area contributed by atoms with Crippen molar-refractivity contribution in [3.05, 3.63) is 0 Å². The SMILES string of the molecule is OCCSCNCN1CNCN(CSCCO)C1. The molecule has 18 heavy (non-hydrogen) atoms. The van der Waals surface area contributed by atoms with Crippen LogP contribution in [0.15, 0.2) is 0 Å². The lowest BCUT2D eigenvalue weighted by Crippen LogP contribution is -2.54. The minimum atomic E-state index is 0.244. The van der Waals surface area contributed by atoms with Crippen LogP contribution in [0.3, 0.4) is 0 Å². The van der Waals surface area contributed by atoms with Crippen LogP contribution < -0.4 is 10.6 Å². The van der Waals surface area contributed by atoms with Crippen molar-refractivity contribution in [2.75, 3.05) is 63.1 Å². The Morgan fingerprint density at radius 1 is 1.06 bits per heavy atom. The maximum absolute atomic E-state index is 8.74. The second-order valence-corrected chi connectivity index (χ2v) is 6.17. The third kappa shape index (κ3) is 7.80. The lowest BCUT2D eigenvalue weighted by molar-refractivity contribution is 0.0758. The van der Waals surface area contributed by atoms with Crippen LogP contribution in [0, 0.1) is 0 Å². The molecule has 0 spiro atoms. The van der Waals surface area contributed by atoms with E-state index >= 15 is 0 Å². The van der Waals surface area contributed by atoms with Crippen LogP contribution >= 0.6 is 23.5 Å². The summed E-state index contributed by atoms with van der Waals surface area (Å²) >= 11 is 3.46. The van der Waals surface area contributed by atoms with Gasteiger partial charge in [-0.2, -0.15) is 0 Å². The largest absolute Gasteiger partial charge is 0.396 e. The average Bonchev–Trinajstić information content (AvgIpc) is 2.39. The molecule has 1 fully saturated rings. The third-order valence-electron chi connectivity index (χ3n) is 2.36. The fourth-order valence-electron chi connectivity index (χ4n) is 1.61. The Balaban J connectivity index is 2.03. The summed E-state index contributed by atoms with van der Waals surface area (Å²) in [4.78, 5) is 4.61. The van der Waals surface area contributed by atoms with Crippen molar-refractivity contribution < 1.29 is 10.2 Å². The number of rotatable bonds is 10. The molecule has 0 atom stereocenters. The molecule has 8 heteroatoms. The van der Waals surface area contributed by atoms with Gasteiger partial charge in [0.2, 0.25) is 0 Å². The van der Waals surface area contributed by atoms with Crippen LogP contribution in [-0.2, 0) is 0 Å². The molecule has 0 aromatic rings. The lowest BCUT2D eigenvalue weighted by atomic mass is 10.6. The molecule has 0 amide bonds. The zero-order valence-electron chi connectivity index (χ0n) is 10.7. The van der Waals surface area contributed by atoms with Crippen LogP contribution in [-0.4, -0.2) is 83.2 Å². The van der Waals surface area contributed by atoms with Gasteiger partial charge in [0.25, 0.3) is 0 Å². The molecule has 0 unspecified atom stereocenters. The lowest BCUT2D eigenvalue weighted by Gasteiger charge is -2.35. The van der Waals surface area contributed by atoms with Gasteiger partial charge in [0.05, 0.1) is 39.9 Å². The van der Waals surface area contributed by atoms with Crippen molar-refractivity contribution in [2.24, 2.45) is 0 Å². The quantitative estimate of drug-likeness (QED) is 0.302. The van der Waals surface area contributed by atoms with E-state index < -0.39 is 0 Å². The fraction of sp³-hybridized carbons (Fsp3) is 1.00. The Bertz CT molecular complexity index is 203. The molecule has 4 N–H and O–H groups in total. The van der Waals surface area contributed by atoms with Crippen LogP contribution in [0.5, 0.6) is 0 Å². The number of nitrogens with one attached hydrogen (secondary N) is 2. The number of aliphatic hydroxyl groups excluding tert-OH is 2. The predicted molar refractivity (Wildman–Crippen MR) is 78.2 cm³/mol. The van der Waals surface area contributed by atoms with Crippen molar-refractivity contribution in [1.29, 1.82) is 0 Å². The standard InChI is InChI=1S/C10H24N4O2S2/c15-1-3-17-8-12-7-13-5-11-6-14(9-13)10-18-4-2-16/h11-12,15-16H,1-10H2. The van der Waals surface area contributed by atoms with E-state index in [1.807, 2.05) is 0 Å². The van der Waals surface area contributed by atoms with Crippen LogP contribution in [0.2, 0.25) is 0 Å². The Labute approximate surface area is 117 Å². The zero-order chi connectivity index (χ0) is 13.1. The first kappa shape index (κ1) is 16.5. The van der Waals surface area contributed by atoms with Gasteiger partial charge in [-0.05, 0) is 0 Å². The van der Waals surface area contributed by atoms with E-state index in [-0.39, 0.29) is 13.2 Å². The van der Waals surface area contributed by atoms with Crippen LogP contribution in [0.1, 0.15) is 0 Å². The predicted octanol–water partition coefficient (Wildman–Crippen LogP) is -1.02. The monoisotopic (exact) mass is 296 g/mol. The van der Waals surface area contributed by atoms with Crippen LogP contribution in [0.25, 0.3) is 0 Å². The molecule has 1 aliphatic heterocycles. The molecule has 0 bridgehead atoms. The number of aliphatic hydroxyl groups is 2. The van der Waals surface area contributed by atoms with Crippen LogP contribution in [0.4, 0.5) is 0 Å². The highest BCUT2D eigenvalue weighted by atomic mass is 32.2. The first-order chi connectivity index (χ1) is 8.86. The molecule has 0 radical (unpaired) electrons. The van der Waals surface area contributed by atoms with Gasteiger partial charge >= 0.3 is 0 Å². The third-order valence-corrected chi connectivity index (χ3v) is 4.25. The highest BCUT2D eigenvalue weighted by molar-refractivity contribution is 7.99. The minimum Gasteiger partial charge on any atom is -0.396 e. The van der Waals surface area contributed by atoms with Gasteiger partial charge in [-0.1, -0.05) is 0 Å². The number of thioether (sulfide) groups is 2. The molecule has 6 nitrogen and oxygen atoms in total. The van der Waals surface area contributed by atoms with E-state index in [1.54, 1.807) is 23.5 Å². The van der Waals surface area contributed by atoms with E-state index in [0.717, 1.165) is 49.9 Å². The van der Waals surface area contributed by atoms with E-state index in [9.17, 15) is 0 Å². The van der Waals surface area contributed by atoms with E-state index in [2.05, 4.69) is 20.4 Å². The number of hydrogen-bond acceptors (Lipinski definition) is 8. The Kier molecular flexibility index (Phi) is 10.4. The summed E-state index contributed by atoms with van der Waals surface area (Å²) in [6, 6.07) is 0. The average molecular weight is 296 g/mol. The Morgan fingerprint density at radius 2 is 1.78 bits per heavy atom. The van der Waals surface area contributed by atoms with Crippen molar-refractivity contribution in [2.45, 2.75) is 0 Å². The molecular weight excluding hydrogens is 272 g/mol. The zero-order valence-corrected chi connectivity index (χ0v) is 12.3. The fourth-order valence-corrected chi connectivity index (χ4v) is 2.81.